The van der Waals surface area contributed by atoms with Crippen molar-refractivity contribution < 1.29 is 4.79 Å². The van der Waals surface area contributed by atoms with Gasteiger partial charge in [0.25, 0.3) is 0 Å². The molecule has 0 fully saturated rings. The van der Waals surface area contributed by atoms with E-state index in [-0.39, 0.29) is 5.78 Å². The largest absolute Gasteiger partial charge is 0.354 e. The molecule has 154 valence electrons. The van der Waals surface area contributed by atoms with Gasteiger partial charge in [0.05, 0.1) is 17.0 Å². The minimum atomic E-state index is 0.158. The first-order valence-electron chi connectivity index (χ1n) is 10.3. The number of nitrogens with zero attached hydrogens (tertiary/aromatic N) is 3. The highest BCUT2D eigenvalue weighted by atomic mass is 79.9. The third-order valence-corrected chi connectivity index (χ3v) is 5.91. The number of benzene rings is 1. The third kappa shape index (κ3) is 4.25. The minimum absolute atomic E-state index is 0.158. The summed E-state index contributed by atoms with van der Waals surface area (Å²) in [5.41, 5.74) is 4.27. The van der Waals surface area contributed by atoms with Crippen LogP contribution in [0.1, 0.15) is 42.0 Å². The molecule has 0 saturated carbocycles. The fraction of sp³-hybridized carbons (Fsp3) is 0.250. The van der Waals surface area contributed by atoms with Gasteiger partial charge in [-0.2, -0.15) is 0 Å². The van der Waals surface area contributed by atoms with Crippen LogP contribution < -0.4 is 0 Å². The maximum atomic E-state index is 13.2. The van der Waals surface area contributed by atoms with Gasteiger partial charge in [0, 0.05) is 40.7 Å². The van der Waals surface area contributed by atoms with E-state index in [1.807, 2.05) is 65.3 Å². The predicted molar refractivity (Wildman–Crippen MR) is 127 cm³/mol. The van der Waals surface area contributed by atoms with Crippen molar-refractivity contribution in [2.45, 2.75) is 20.3 Å². The van der Waals surface area contributed by atoms with Crippen LogP contribution in [0.5, 0.6) is 0 Å². The molecule has 0 atom stereocenters. The van der Waals surface area contributed by atoms with Gasteiger partial charge in [0.15, 0.2) is 5.78 Å². The molecule has 0 aliphatic heterocycles. The first-order valence-corrected chi connectivity index (χ1v) is 11.1. The Morgan fingerprint density at radius 3 is 2.80 bits per heavy atom. The number of nitrogens with one attached hydrogen (secondary N) is 1. The molecule has 0 saturated heterocycles. The second-order valence-electron chi connectivity index (χ2n) is 7.27. The molecule has 0 amide bonds. The van der Waals surface area contributed by atoms with Gasteiger partial charge >= 0.3 is 0 Å². The number of pyridine rings is 1. The molecule has 0 bridgehead atoms. The highest BCUT2D eigenvalue weighted by Gasteiger charge is 2.18. The van der Waals surface area contributed by atoms with Crippen molar-refractivity contribution in [2.24, 2.45) is 0 Å². The van der Waals surface area contributed by atoms with E-state index in [1.54, 1.807) is 0 Å². The molecule has 4 rings (SSSR count). The molecule has 1 N–H and O–H groups in total. The van der Waals surface area contributed by atoms with Crippen molar-refractivity contribution in [2.75, 3.05) is 19.6 Å². The Bertz CT molecular complexity index is 1180. The quantitative estimate of drug-likeness (QED) is 0.342. The average Bonchev–Trinajstić information content (AvgIpc) is 3.33. The zero-order chi connectivity index (χ0) is 21.1. The number of halogens is 1. The van der Waals surface area contributed by atoms with Crippen molar-refractivity contribution in [1.82, 2.24) is 19.3 Å². The van der Waals surface area contributed by atoms with Crippen molar-refractivity contribution >= 4 is 50.4 Å². The number of hydrogen-bond donors (Lipinski definition) is 1. The maximum absolute atomic E-state index is 13.2. The summed E-state index contributed by atoms with van der Waals surface area (Å²) in [6, 6.07) is 11.9. The zero-order valence-corrected chi connectivity index (χ0v) is 18.8. The number of imidazole rings is 1. The van der Waals surface area contributed by atoms with Crippen LogP contribution in [-0.2, 0) is 0 Å². The number of carbonyl (C=O) groups excluding carboxylic acids is 1. The third-order valence-electron chi connectivity index (χ3n) is 5.42. The highest BCUT2D eigenvalue weighted by Crippen LogP contribution is 2.28. The van der Waals surface area contributed by atoms with E-state index in [9.17, 15) is 4.79 Å². The number of H-pyrrole nitrogens is 1. The monoisotopic (exact) mass is 464 g/mol. The molecule has 1 aromatic carbocycles. The van der Waals surface area contributed by atoms with Crippen molar-refractivity contribution in [3.63, 3.8) is 0 Å². The molecule has 0 radical (unpaired) electrons. The van der Waals surface area contributed by atoms with Crippen LogP contribution in [0.3, 0.4) is 0 Å². The highest BCUT2D eigenvalue weighted by molar-refractivity contribution is 9.10. The second-order valence-corrected chi connectivity index (χ2v) is 8.18. The molecule has 3 heterocycles. The number of carbonyl (C=O) groups is 1. The summed E-state index contributed by atoms with van der Waals surface area (Å²) < 4.78 is 2.97. The lowest BCUT2D eigenvalue weighted by atomic mass is 10.0. The van der Waals surface area contributed by atoms with E-state index in [0.29, 0.717) is 6.42 Å². The molecule has 30 heavy (non-hydrogen) atoms. The molecule has 3 aromatic heterocycles. The van der Waals surface area contributed by atoms with Gasteiger partial charge in [-0.25, -0.2) is 4.98 Å². The normalized spacial score (nSPS) is 12.0. The fourth-order valence-electron chi connectivity index (χ4n) is 3.74. The van der Waals surface area contributed by atoms with Crippen LogP contribution in [-0.4, -0.2) is 44.7 Å². The number of ketones is 1. The van der Waals surface area contributed by atoms with E-state index in [4.69, 9.17) is 0 Å². The molecule has 0 spiro atoms. The topological polar surface area (TPSA) is 53.4 Å². The second kappa shape index (κ2) is 8.98. The van der Waals surface area contributed by atoms with E-state index < -0.39 is 0 Å². The Labute approximate surface area is 184 Å². The molecular formula is C24H25BrN4O. The van der Waals surface area contributed by atoms with Gasteiger partial charge in [0.2, 0.25) is 0 Å². The Hall–Kier alpha value is -2.70. The average molecular weight is 465 g/mol. The first-order chi connectivity index (χ1) is 14.6. The smallest absolute Gasteiger partial charge is 0.166 e. The van der Waals surface area contributed by atoms with Crippen LogP contribution in [0, 0.1) is 0 Å². The number of hydrogen-bond acceptors (Lipinski definition) is 3. The number of aromatic amines is 1. The van der Waals surface area contributed by atoms with E-state index >= 15 is 0 Å². The lowest BCUT2D eigenvalue weighted by molar-refractivity contribution is 0.0968. The van der Waals surface area contributed by atoms with Crippen molar-refractivity contribution in [1.29, 1.82) is 0 Å². The van der Waals surface area contributed by atoms with Gasteiger partial charge in [-0.1, -0.05) is 41.9 Å². The van der Waals surface area contributed by atoms with Crippen LogP contribution >= 0.6 is 15.9 Å². The lowest BCUT2D eigenvalue weighted by Crippen LogP contribution is -2.25. The number of fused-ring (bicyclic) bond motifs is 2. The molecule has 5 nitrogen and oxygen atoms in total. The Kier molecular flexibility index (Phi) is 6.16. The zero-order valence-electron chi connectivity index (χ0n) is 17.2. The summed E-state index contributed by atoms with van der Waals surface area (Å²) in [6.07, 6.45) is 8.36. The Morgan fingerprint density at radius 2 is 2.03 bits per heavy atom. The van der Waals surface area contributed by atoms with Crippen molar-refractivity contribution in [3.8, 4) is 0 Å². The van der Waals surface area contributed by atoms with Gasteiger partial charge in [-0.3, -0.25) is 4.79 Å². The predicted octanol–water partition coefficient (Wildman–Crippen LogP) is 5.66. The van der Waals surface area contributed by atoms with E-state index in [2.05, 4.69) is 44.6 Å². The summed E-state index contributed by atoms with van der Waals surface area (Å²) in [6.45, 7) is 6.92. The molecule has 0 unspecified atom stereocenters. The SMILES string of the molecule is CCN(CC)CCC(=O)c1c(/C=C/c2cn3ccccc3n2)[nH]c2cc(Br)ccc12. The maximum Gasteiger partial charge on any atom is 0.166 e. The summed E-state index contributed by atoms with van der Waals surface area (Å²) in [7, 11) is 0. The standard InChI is InChI=1S/C24H25BrN4O/c1-3-28(4-2)14-12-22(30)24-19-10-8-17(25)15-21(19)27-20(24)11-9-18-16-29-13-6-5-7-23(29)26-18/h5-11,13,15-16,27H,3-4,12,14H2,1-2H3/b11-9+. The number of Topliss-reactive ketones (excluding diaryl/α,β-unsaturated/α-hetero) is 1. The van der Waals surface area contributed by atoms with Crippen LogP contribution in [0.4, 0.5) is 0 Å². The summed E-state index contributed by atoms with van der Waals surface area (Å²) in [5.74, 6) is 0.158. The van der Waals surface area contributed by atoms with Gasteiger partial charge < -0.3 is 14.3 Å². The van der Waals surface area contributed by atoms with Gasteiger partial charge in [-0.05, 0) is 49.5 Å². The summed E-state index contributed by atoms with van der Waals surface area (Å²) in [5, 5.41) is 0.956. The Balaban J connectivity index is 1.69. The first kappa shape index (κ1) is 20.6. The minimum Gasteiger partial charge on any atom is -0.354 e. The van der Waals surface area contributed by atoms with Gasteiger partial charge in [-0.15, -0.1) is 0 Å². The van der Waals surface area contributed by atoms with Crippen LogP contribution in [0.15, 0.2) is 53.3 Å². The molecular weight excluding hydrogens is 440 g/mol. The molecule has 0 aliphatic carbocycles. The fourth-order valence-corrected chi connectivity index (χ4v) is 4.10. The molecule has 6 heteroatoms. The number of aromatic nitrogens is 3. The summed E-state index contributed by atoms with van der Waals surface area (Å²) in [4.78, 5) is 23.5. The van der Waals surface area contributed by atoms with Crippen LogP contribution in [0.25, 0.3) is 28.7 Å². The van der Waals surface area contributed by atoms with Crippen molar-refractivity contribution in [3.05, 3.63) is 70.2 Å². The summed E-state index contributed by atoms with van der Waals surface area (Å²) >= 11 is 3.52. The van der Waals surface area contributed by atoms with Gasteiger partial charge in [0.1, 0.15) is 5.65 Å². The van der Waals surface area contributed by atoms with E-state index in [0.717, 1.165) is 57.6 Å². The van der Waals surface area contributed by atoms with Crippen LogP contribution in [0.2, 0.25) is 0 Å². The Morgan fingerprint density at radius 1 is 1.20 bits per heavy atom. The number of rotatable bonds is 8. The molecule has 0 aliphatic rings. The lowest BCUT2D eigenvalue weighted by Gasteiger charge is -2.17. The molecule has 4 aromatic rings. The van der Waals surface area contributed by atoms with E-state index in [1.165, 1.54) is 0 Å².